The van der Waals surface area contributed by atoms with E-state index in [1.807, 2.05) is 27.7 Å². The summed E-state index contributed by atoms with van der Waals surface area (Å²) in [7, 11) is 0. The normalized spacial score (nSPS) is 16.8. The van der Waals surface area contributed by atoms with Gasteiger partial charge in [0.05, 0.1) is 18.8 Å². The zero-order valence-electron chi connectivity index (χ0n) is 19.1. The third-order valence-electron chi connectivity index (χ3n) is 5.87. The van der Waals surface area contributed by atoms with Crippen molar-refractivity contribution >= 4 is 6.09 Å². The van der Waals surface area contributed by atoms with Crippen LogP contribution in [0, 0.1) is 5.92 Å². The number of amides is 1. The molecule has 0 saturated heterocycles. The molecule has 0 aliphatic heterocycles. The minimum Gasteiger partial charge on any atom is -0.494 e. The van der Waals surface area contributed by atoms with Crippen LogP contribution in [0.1, 0.15) is 72.8 Å². The number of hydrogen-bond acceptors (Lipinski definition) is 4. The molecule has 1 aliphatic rings. The first-order valence-electron chi connectivity index (χ1n) is 11.1. The molecule has 0 spiro atoms. The van der Waals surface area contributed by atoms with E-state index in [2.05, 4.69) is 48.7 Å². The maximum absolute atomic E-state index is 11.9. The zero-order valence-corrected chi connectivity index (χ0v) is 19.1. The SMILES string of the molecule is CCOC(=O)NC(C)(C)CNC(CC(C)C)C1(c2ccc(OCC)cc2)CCC1. The predicted octanol–water partition coefficient (Wildman–Crippen LogP) is 5.04. The lowest BCUT2D eigenvalue weighted by Crippen LogP contribution is -2.58. The van der Waals surface area contributed by atoms with Crippen LogP contribution in [0.3, 0.4) is 0 Å². The Labute approximate surface area is 176 Å². The maximum Gasteiger partial charge on any atom is 0.407 e. The summed E-state index contributed by atoms with van der Waals surface area (Å²) in [4.78, 5) is 11.9. The predicted molar refractivity (Wildman–Crippen MR) is 119 cm³/mol. The Bertz CT molecular complexity index is 636. The largest absolute Gasteiger partial charge is 0.494 e. The van der Waals surface area contributed by atoms with Gasteiger partial charge in [0, 0.05) is 18.0 Å². The van der Waals surface area contributed by atoms with Gasteiger partial charge >= 0.3 is 6.09 Å². The van der Waals surface area contributed by atoms with Crippen LogP contribution in [-0.2, 0) is 10.2 Å². The molecule has 1 amide bonds. The van der Waals surface area contributed by atoms with Crippen molar-refractivity contribution in [1.29, 1.82) is 0 Å². The highest BCUT2D eigenvalue weighted by Crippen LogP contribution is 2.48. The number of ether oxygens (including phenoxy) is 2. The van der Waals surface area contributed by atoms with Crippen LogP contribution < -0.4 is 15.4 Å². The van der Waals surface area contributed by atoms with Crippen LogP contribution in [0.4, 0.5) is 4.79 Å². The molecule has 5 heteroatoms. The molecule has 1 unspecified atom stereocenters. The minimum absolute atomic E-state index is 0.148. The topological polar surface area (TPSA) is 59.6 Å². The Balaban J connectivity index is 2.15. The second-order valence-electron chi connectivity index (χ2n) is 9.26. The molecule has 0 aromatic heterocycles. The number of carbonyl (C=O) groups excluding carboxylic acids is 1. The second-order valence-corrected chi connectivity index (χ2v) is 9.26. The Morgan fingerprint density at radius 1 is 1.14 bits per heavy atom. The highest BCUT2D eigenvalue weighted by Gasteiger charge is 2.45. The van der Waals surface area contributed by atoms with Gasteiger partial charge in [0.25, 0.3) is 0 Å². The molecule has 1 saturated carbocycles. The van der Waals surface area contributed by atoms with Gasteiger partial charge in [-0.25, -0.2) is 4.79 Å². The van der Waals surface area contributed by atoms with E-state index >= 15 is 0 Å². The molecule has 2 rings (SSSR count). The van der Waals surface area contributed by atoms with Crippen LogP contribution in [0.5, 0.6) is 5.75 Å². The number of alkyl carbamates (subject to hydrolysis) is 1. The van der Waals surface area contributed by atoms with Gasteiger partial charge in [-0.1, -0.05) is 32.4 Å². The Hall–Kier alpha value is -1.75. The van der Waals surface area contributed by atoms with E-state index in [0.29, 0.717) is 31.7 Å². The molecular formula is C24H40N2O3. The van der Waals surface area contributed by atoms with E-state index in [4.69, 9.17) is 9.47 Å². The second kappa shape index (κ2) is 10.3. The molecular weight excluding hydrogens is 364 g/mol. The van der Waals surface area contributed by atoms with E-state index in [1.54, 1.807) is 0 Å². The molecule has 164 valence electrons. The van der Waals surface area contributed by atoms with Crippen molar-refractivity contribution in [3.05, 3.63) is 29.8 Å². The van der Waals surface area contributed by atoms with Gasteiger partial charge in [0.15, 0.2) is 0 Å². The zero-order chi connectivity index (χ0) is 21.5. The first kappa shape index (κ1) is 23.5. The lowest BCUT2D eigenvalue weighted by Gasteiger charge is -2.50. The van der Waals surface area contributed by atoms with Crippen molar-refractivity contribution < 1.29 is 14.3 Å². The van der Waals surface area contributed by atoms with E-state index in [-0.39, 0.29) is 17.0 Å². The van der Waals surface area contributed by atoms with Crippen molar-refractivity contribution in [2.45, 2.75) is 84.2 Å². The summed E-state index contributed by atoms with van der Waals surface area (Å²) in [6.45, 7) is 14.2. The van der Waals surface area contributed by atoms with Gasteiger partial charge in [-0.05, 0) is 70.6 Å². The van der Waals surface area contributed by atoms with Crippen LogP contribution in [0.2, 0.25) is 0 Å². The van der Waals surface area contributed by atoms with Crippen molar-refractivity contribution in [2.75, 3.05) is 19.8 Å². The summed E-state index contributed by atoms with van der Waals surface area (Å²) < 4.78 is 10.7. The van der Waals surface area contributed by atoms with Crippen LogP contribution in [0.15, 0.2) is 24.3 Å². The number of nitrogens with one attached hydrogen (secondary N) is 2. The fraction of sp³-hybridized carbons (Fsp3) is 0.708. The number of rotatable bonds is 11. The lowest BCUT2D eigenvalue weighted by molar-refractivity contribution is 0.129. The highest BCUT2D eigenvalue weighted by atomic mass is 16.5. The van der Waals surface area contributed by atoms with Gasteiger partial charge < -0.3 is 20.1 Å². The van der Waals surface area contributed by atoms with E-state index < -0.39 is 0 Å². The van der Waals surface area contributed by atoms with Crippen molar-refractivity contribution in [3.8, 4) is 5.75 Å². The maximum atomic E-state index is 11.9. The minimum atomic E-state index is -0.384. The summed E-state index contributed by atoms with van der Waals surface area (Å²) >= 11 is 0. The molecule has 1 fully saturated rings. The molecule has 1 aromatic carbocycles. The molecule has 29 heavy (non-hydrogen) atoms. The molecule has 5 nitrogen and oxygen atoms in total. The number of carbonyl (C=O) groups is 1. The average molecular weight is 405 g/mol. The van der Waals surface area contributed by atoms with Crippen molar-refractivity contribution in [3.63, 3.8) is 0 Å². The van der Waals surface area contributed by atoms with Gasteiger partial charge in [-0.3, -0.25) is 0 Å². The summed E-state index contributed by atoms with van der Waals surface area (Å²) in [6, 6.07) is 9.02. The van der Waals surface area contributed by atoms with Crippen LogP contribution >= 0.6 is 0 Å². The fourth-order valence-electron chi connectivity index (χ4n) is 4.29. The molecule has 0 radical (unpaired) electrons. The van der Waals surface area contributed by atoms with E-state index in [0.717, 1.165) is 12.2 Å². The third kappa shape index (κ3) is 6.36. The van der Waals surface area contributed by atoms with Crippen LogP contribution in [0.25, 0.3) is 0 Å². The van der Waals surface area contributed by atoms with Gasteiger partial charge in [0.2, 0.25) is 0 Å². The fourth-order valence-corrected chi connectivity index (χ4v) is 4.29. The average Bonchev–Trinajstić information content (AvgIpc) is 2.59. The summed E-state index contributed by atoms with van der Waals surface area (Å²) in [5.74, 6) is 1.52. The van der Waals surface area contributed by atoms with E-state index in [1.165, 1.54) is 24.8 Å². The molecule has 1 aliphatic carbocycles. The molecule has 0 bridgehead atoms. The summed E-state index contributed by atoms with van der Waals surface area (Å²) in [5, 5.41) is 6.79. The standard InChI is InChI=1S/C24H40N2O3/c1-7-28-20-12-10-19(11-13-20)24(14-9-15-24)21(16-18(3)4)25-17-23(5,6)26-22(27)29-8-2/h10-13,18,21,25H,7-9,14-17H2,1-6H3,(H,26,27). The Morgan fingerprint density at radius 3 is 2.28 bits per heavy atom. The first-order valence-corrected chi connectivity index (χ1v) is 11.1. The molecule has 2 N–H and O–H groups in total. The molecule has 0 heterocycles. The van der Waals surface area contributed by atoms with Crippen LogP contribution in [-0.4, -0.2) is 37.4 Å². The summed E-state index contributed by atoms with van der Waals surface area (Å²) in [5.41, 5.74) is 1.15. The monoisotopic (exact) mass is 404 g/mol. The molecule has 1 aromatic rings. The first-order chi connectivity index (χ1) is 13.7. The smallest absolute Gasteiger partial charge is 0.407 e. The van der Waals surface area contributed by atoms with Gasteiger partial charge in [0.1, 0.15) is 5.75 Å². The van der Waals surface area contributed by atoms with Gasteiger partial charge in [-0.15, -0.1) is 0 Å². The third-order valence-corrected chi connectivity index (χ3v) is 5.87. The van der Waals surface area contributed by atoms with E-state index in [9.17, 15) is 4.79 Å². The van der Waals surface area contributed by atoms with Gasteiger partial charge in [-0.2, -0.15) is 0 Å². The van der Waals surface area contributed by atoms with Crippen molar-refractivity contribution in [1.82, 2.24) is 10.6 Å². The molecule has 1 atom stereocenters. The quantitative estimate of drug-likeness (QED) is 0.543. The lowest BCUT2D eigenvalue weighted by atomic mass is 9.58. The Kier molecular flexibility index (Phi) is 8.38. The highest BCUT2D eigenvalue weighted by molar-refractivity contribution is 5.68. The Morgan fingerprint density at radius 2 is 1.79 bits per heavy atom. The van der Waals surface area contributed by atoms with Crippen molar-refractivity contribution in [2.24, 2.45) is 5.92 Å². The number of hydrogen-bond donors (Lipinski definition) is 2. The summed E-state index contributed by atoms with van der Waals surface area (Å²) in [6.07, 6.45) is 4.38. The number of benzene rings is 1.